The number of aromatic hydroxyl groups is 1. The maximum Gasteiger partial charge on any atom is 0.408 e. The molecule has 0 radical (unpaired) electrons. The van der Waals surface area contributed by atoms with Crippen LogP contribution in [-0.2, 0) is 27.3 Å². The van der Waals surface area contributed by atoms with Crippen LogP contribution >= 0.6 is 0 Å². The van der Waals surface area contributed by atoms with Crippen molar-refractivity contribution < 1.29 is 28.9 Å². The summed E-state index contributed by atoms with van der Waals surface area (Å²) in [5.41, 5.74) is 1.55. The molecular formula is C20H23NO6. The van der Waals surface area contributed by atoms with Gasteiger partial charge in [0.2, 0.25) is 0 Å². The van der Waals surface area contributed by atoms with Gasteiger partial charge in [0.05, 0.1) is 13.7 Å². The fraction of sp³-hybridized carbons (Fsp3) is 0.300. The van der Waals surface area contributed by atoms with Gasteiger partial charge in [0, 0.05) is 6.42 Å². The molecular weight excluding hydrogens is 350 g/mol. The molecule has 0 saturated heterocycles. The maximum atomic E-state index is 12.1. The molecule has 27 heavy (non-hydrogen) atoms. The summed E-state index contributed by atoms with van der Waals surface area (Å²) in [4.78, 5) is 24.2. The zero-order chi connectivity index (χ0) is 19.6. The minimum absolute atomic E-state index is 0.0601. The normalized spacial score (nSPS) is 11.3. The summed E-state index contributed by atoms with van der Waals surface area (Å²) in [6.45, 7) is 1.95. The Morgan fingerprint density at radius 2 is 1.63 bits per heavy atom. The molecule has 1 atom stereocenters. The van der Waals surface area contributed by atoms with Gasteiger partial charge in [-0.15, -0.1) is 0 Å². The van der Waals surface area contributed by atoms with Gasteiger partial charge in [-0.3, -0.25) is 0 Å². The van der Waals surface area contributed by atoms with E-state index in [4.69, 9.17) is 14.2 Å². The van der Waals surface area contributed by atoms with Crippen LogP contribution in [0, 0.1) is 0 Å². The SMILES string of the molecule is CCOC(=O)[C@H](Cc1ccc(O)cc1)NC(=O)OCc1ccc(OC)cc1. The molecule has 0 aromatic heterocycles. The predicted octanol–water partition coefficient (Wildman–Crippen LogP) is 2.80. The fourth-order valence-corrected chi connectivity index (χ4v) is 2.36. The Kier molecular flexibility index (Phi) is 7.49. The van der Waals surface area contributed by atoms with Crippen molar-refractivity contribution in [2.24, 2.45) is 0 Å². The minimum Gasteiger partial charge on any atom is -0.508 e. The maximum absolute atomic E-state index is 12.1. The number of benzene rings is 2. The Balaban J connectivity index is 1.94. The molecule has 0 saturated carbocycles. The zero-order valence-corrected chi connectivity index (χ0v) is 15.3. The summed E-state index contributed by atoms with van der Waals surface area (Å²) in [5, 5.41) is 11.9. The van der Waals surface area contributed by atoms with Gasteiger partial charge in [0.15, 0.2) is 0 Å². The highest BCUT2D eigenvalue weighted by Gasteiger charge is 2.23. The Bertz CT molecular complexity index is 742. The lowest BCUT2D eigenvalue weighted by Crippen LogP contribution is -2.43. The van der Waals surface area contributed by atoms with E-state index in [2.05, 4.69) is 5.32 Å². The average molecular weight is 373 g/mol. The van der Waals surface area contributed by atoms with E-state index < -0.39 is 18.1 Å². The molecule has 0 bridgehead atoms. The van der Waals surface area contributed by atoms with E-state index >= 15 is 0 Å². The van der Waals surface area contributed by atoms with Crippen LogP contribution < -0.4 is 10.1 Å². The van der Waals surface area contributed by atoms with E-state index in [0.29, 0.717) is 5.75 Å². The lowest BCUT2D eigenvalue weighted by Gasteiger charge is -2.17. The van der Waals surface area contributed by atoms with E-state index in [9.17, 15) is 14.7 Å². The van der Waals surface area contributed by atoms with Crippen LogP contribution in [0.5, 0.6) is 11.5 Å². The molecule has 0 aliphatic rings. The first-order chi connectivity index (χ1) is 13.0. The monoisotopic (exact) mass is 373 g/mol. The number of methoxy groups -OCH3 is 1. The number of nitrogens with one attached hydrogen (secondary N) is 1. The Morgan fingerprint density at radius 3 is 2.22 bits per heavy atom. The number of rotatable bonds is 8. The van der Waals surface area contributed by atoms with Crippen LogP contribution in [0.1, 0.15) is 18.1 Å². The highest BCUT2D eigenvalue weighted by Crippen LogP contribution is 2.13. The van der Waals surface area contributed by atoms with Gasteiger partial charge in [0.1, 0.15) is 24.1 Å². The van der Waals surface area contributed by atoms with E-state index in [0.717, 1.165) is 11.1 Å². The van der Waals surface area contributed by atoms with E-state index in [-0.39, 0.29) is 25.4 Å². The van der Waals surface area contributed by atoms with Crippen molar-refractivity contribution in [2.75, 3.05) is 13.7 Å². The summed E-state index contributed by atoms with van der Waals surface area (Å²) in [6, 6.07) is 12.6. The molecule has 2 N–H and O–H groups in total. The third-order valence-electron chi connectivity index (χ3n) is 3.77. The van der Waals surface area contributed by atoms with Crippen LogP contribution in [0.4, 0.5) is 4.79 Å². The molecule has 144 valence electrons. The third kappa shape index (κ3) is 6.54. The molecule has 2 rings (SSSR count). The lowest BCUT2D eigenvalue weighted by molar-refractivity contribution is -0.145. The third-order valence-corrected chi connectivity index (χ3v) is 3.77. The lowest BCUT2D eigenvalue weighted by atomic mass is 10.1. The van der Waals surface area contributed by atoms with Gasteiger partial charge in [-0.1, -0.05) is 24.3 Å². The molecule has 2 aromatic carbocycles. The summed E-state index contributed by atoms with van der Waals surface area (Å²) >= 11 is 0. The summed E-state index contributed by atoms with van der Waals surface area (Å²) in [6.07, 6.45) is -0.501. The predicted molar refractivity (Wildman–Crippen MR) is 98.5 cm³/mol. The van der Waals surface area contributed by atoms with Crippen molar-refractivity contribution in [1.82, 2.24) is 5.32 Å². The van der Waals surface area contributed by atoms with Crippen LogP contribution in [0.15, 0.2) is 48.5 Å². The second-order valence-electron chi connectivity index (χ2n) is 5.74. The van der Waals surface area contributed by atoms with Crippen LogP contribution in [0.25, 0.3) is 0 Å². The number of esters is 1. The second kappa shape index (κ2) is 10.1. The highest BCUT2D eigenvalue weighted by atomic mass is 16.6. The standard InChI is InChI=1S/C20H23NO6/c1-3-26-19(23)18(12-14-4-8-16(22)9-5-14)21-20(24)27-13-15-6-10-17(25-2)11-7-15/h4-11,18,22H,3,12-13H2,1-2H3,(H,21,24)/t18-/m0/s1. The number of hydrogen-bond donors (Lipinski definition) is 2. The van der Waals surface area contributed by atoms with Gasteiger partial charge >= 0.3 is 12.1 Å². The van der Waals surface area contributed by atoms with Gasteiger partial charge < -0.3 is 24.6 Å². The number of alkyl carbamates (subject to hydrolysis) is 1. The van der Waals surface area contributed by atoms with E-state index in [1.54, 1.807) is 50.4 Å². The quantitative estimate of drug-likeness (QED) is 0.691. The number of hydrogen-bond acceptors (Lipinski definition) is 6. The largest absolute Gasteiger partial charge is 0.508 e. The number of amides is 1. The molecule has 0 heterocycles. The number of phenolic OH excluding ortho intramolecular Hbond substituents is 1. The minimum atomic E-state index is -0.891. The molecule has 2 aromatic rings. The molecule has 0 fully saturated rings. The van der Waals surface area contributed by atoms with Crippen LogP contribution in [-0.4, -0.2) is 36.9 Å². The second-order valence-corrected chi connectivity index (χ2v) is 5.74. The summed E-state index contributed by atoms with van der Waals surface area (Å²) in [5.74, 6) is 0.282. The molecule has 0 spiro atoms. The zero-order valence-electron chi connectivity index (χ0n) is 15.3. The van der Waals surface area contributed by atoms with E-state index in [1.165, 1.54) is 12.1 Å². The number of carbonyl (C=O) groups is 2. The summed E-state index contributed by atoms with van der Waals surface area (Å²) < 4.78 is 15.3. The molecule has 0 aliphatic carbocycles. The Labute approximate surface area is 157 Å². The van der Waals surface area contributed by atoms with E-state index in [1.807, 2.05) is 0 Å². The molecule has 1 amide bonds. The first-order valence-corrected chi connectivity index (χ1v) is 8.52. The van der Waals surface area contributed by atoms with Crippen molar-refractivity contribution in [1.29, 1.82) is 0 Å². The first kappa shape index (κ1) is 20.1. The van der Waals surface area contributed by atoms with Gasteiger partial charge in [-0.05, 0) is 42.3 Å². The van der Waals surface area contributed by atoms with Gasteiger partial charge in [-0.25, -0.2) is 9.59 Å². The van der Waals surface area contributed by atoms with Crippen molar-refractivity contribution >= 4 is 12.1 Å². The molecule has 7 heteroatoms. The van der Waals surface area contributed by atoms with Gasteiger partial charge in [-0.2, -0.15) is 0 Å². The van der Waals surface area contributed by atoms with Crippen LogP contribution in [0.3, 0.4) is 0 Å². The average Bonchev–Trinajstić information content (AvgIpc) is 2.68. The molecule has 7 nitrogen and oxygen atoms in total. The van der Waals surface area contributed by atoms with Crippen molar-refractivity contribution in [3.8, 4) is 11.5 Å². The van der Waals surface area contributed by atoms with Crippen molar-refractivity contribution in [3.05, 3.63) is 59.7 Å². The Hall–Kier alpha value is -3.22. The summed E-state index contributed by atoms with van der Waals surface area (Å²) in [7, 11) is 1.57. The molecule has 0 aliphatic heterocycles. The molecule has 0 unspecified atom stereocenters. The first-order valence-electron chi connectivity index (χ1n) is 8.52. The fourth-order valence-electron chi connectivity index (χ4n) is 2.36. The van der Waals surface area contributed by atoms with Crippen molar-refractivity contribution in [2.45, 2.75) is 26.0 Å². The van der Waals surface area contributed by atoms with Crippen molar-refractivity contribution in [3.63, 3.8) is 0 Å². The smallest absolute Gasteiger partial charge is 0.408 e. The number of ether oxygens (including phenoxy) is 3. The number of carbonyl (C=O) groups excluding carboxylic acids is 2. The Morgan fingerprint density at radius 1 is 1.00 bits per heavy atom. The van der Waals surface area contributed by atoms with Crippen LogP contribution in [0.2, 0.25) is 0 Å². The highest BCUT2D eigenvalue weighted by molar-refractivity contribution is 5.81. The topological polar surface area (TPSA) is 94.1 Å². The number of phenols is 1. The van der Waals surface area contributed by atoms with Gasteiger partial charge in [0.25, 0.3) is 0 Å².